The van der Waals surface area contributed by atoms with Crippen molar-refractivity contribution in [2.24, 2.45) is 0 Å². The number of rotatable bonds is 4. The molecule has 55 heavy (non-hydrogen) atoms. The SMILES string of the molecule is N#Cc1ccc(-n2c3ccccc3c3c(-n4c5ccccc5c5ccccc54)cccc32)cc1-c1cccc(-n2c3ccccc3c3cccc(C#N)c32)c1. The molecule has 0 amide bonds. The molecular weight excluding hydrogens is 671 g/mol. The third-order valence-electron chi connectivity index (χ3n) is 11.1. The van der Waals surface area contributed by atoms with Crippen LogP contribution in [0.25, 0.3) is 93.6 Å². The van der Waals surface area contributed by atoms with Gasteiger partial charge in [-0.2, -0.15) is 10.5 Å². The van der Waals surface area contributed by atoms with Gasteiger partial charge < -0.3 is 13.7 Å². The van der Waals surface area contributed by atoms with E-state index < -0.39 is 0 Å². The number of hydrogen-bond donors (Lipinski definition) is 0. The van der Waals surface area contributed by atoms with Crippen LogP contribution in [0, 0.1) is 22.7 Å². The maximum Gasteiger partial charge on any atom is 0.101 e. The molecule has 0 radical (unpaired) electrons. The van der Waals surface area contributed by atoms with Crippen LogP contribution in [0.3, 0.4) is 0 Å². The van der Waals surface area contributed by atoms with Crippen molar-refractivity contribution in [1.29, 1.82) is 10.5 Å². The highest BCUT2D eigenvalue weighted by atomic mass is 15.0. The second kappa shape index (κ2) is 11.8. The van der Waals surface area contributed by atoms with Gasteiger partial charge in [-0.1, -0.05) is 103 Å². The Balaban J connectivity index is 1.15. The van der Waals surface area contributed by atoms with Gasteiger partial charge in [0.25, 0.3) is 0 Å². The number of para-hydroxylation sites is 5. The predicted molar refractivity (Wildman–Crippen MR) is 224 cm³/mol. The minimum atomic E-state index is 0.590. The average Bonchev–Trinajstić information content (AvgIpc) is 3.89. The molecule has 0 N–H and O–H groups in total. The van der Waals surface area contributed by atoms with Crippen molar-refractivity contribution < 1.29 is 0 Å². The van der Waals surface area contributed by atoms with Crippen LogP contribution in [0.1, 0.15) is 11.1 Å². The van der Waals surface area contributed by atoms with Crippen molar-refractivity contribution in [3.8, 4) is 40.3 Å². The molecule has 0 spiro atoms. The molecule has 8 aromatic carbocycles. The van der Waals surface area contributed by atoms with Gasteiger partial charge in [0, 0.05) is 49.3 Å². The zero-order valence-corrected chi connectivity index (χ0v) is 29.5. The number of nitrogens with zero attached hydrogens (tertiary/aromatic N) is 5. The van der Waals surface area contributed by atoms with Crippen molar-refractivity contribution in [3.63, 3.8) is 0 Å². The molecule has 0 atom stereocenters. The summed E-state index contributed by atoms with van der Waals surface area (Å²) in [5, 5.41) is 27.5. The topological polar surface area (TPSA) is 62.4 Å². The quantitative estimate of drug-likeness (QED) is 0.184. The molecule has 3 aromatic heterocycles. The molecule has 0 fully saturated rings. The van der Waals surface area contributed by atoms with E-state index in [0.717, 1.165) is 71.8 Å². The van der Waals surface area contributed by atoms with Gasteiger partial charge in [0.05, 0.1) is 56.0 Å². The molecule has 0 saturated heterocycles. The maximum absolute atomic E-state index is 10.5. The largest absolute Gasteiger partial charge is 0.309 e. The van der Waals surface area contributed by atoms with Crippen LogP contribution in [0.5, 0.6) is 0 Å². The smallest absolute Gasteiger partial charge is 0.101 e. The Kier molecular flexibility index (Phi) is 6.61. The predicted octanol–water partition coefficient (Wildman–Crippen LogP) is 12.4. The lowest BCUT2D eigenvalue weighted by Crippen LogP contribution is -1.98. The lowest BCUT2D eigenvalue weighted by Gasteiger charge is -2.14. The summed E-state index contributed by atoms with van der Waals surface area (Å²) in [6.07, 6.45) is 0. The van der Waals surface area contributed by atoms with Gasteiger partial charge >= 0.3 is 0 Å². The molecule has 0 unspecified atom stereocenters. The van der Waals surface area contributed by atoms with E-state index in [1.807, 2.05) is 36.4 Å². The molecular formula is C50H29N5. The molecule has 0 aliphatic rings. The van der Waals surface area contributed by atoms with Gasteiger partial charge in [-0.3, -0.25) is 0 Å². The number of aromatic nitrogens is 3. The molecule has 5 heteroatoms. The lowest BCUT2D eigenvalue weighted by molar-refractivity contribution is 1.16. The third-order valence-corrected chi connectivity index (χ3v) is 11.1. The minimum Gasteiger partial charge on any atom is -0.309 e. The second-order valence-electron chi connectivity index (χ2n) is 14.0. The van der Waals surface area contributed by atoms with Crippen molar-refractivity contribution in [3.05, 3.63) is 187 Å². The standard InChI is InChI=1S/C50H29N5/c51-30-33-26-27-36(29-42(33)32-12-9-14-35(28-32)54-43-20-5-3-17-39(43)40-19-10-13-34(31-52)50(40)54)53-46-23-8-4-18-41(46)49-47(53)24-11-25-48(49)55-44-21-6-1-15-37(44)38-16-2-7-22-45(38)55/h1-29H. The van der Waals surface area contributed by atoms with Gasteiger partial charge in [-0.15, -0.1) is 0 Å². The normalized spacial score (nSPS) is 11.6. The van der Waals surface area contributed by atoms with E-state index in [2.05, 4.69) is 165 Å². The third kappa shape index (κ3) is 4.39. The summed E-state index contributed by atoms with van der Waals surface area (Å²) in [7, 11) is 0. The van der Waals surface area contributed by atoms with Crippen LogP contribution in [-0.2, 0) is 0 Å². The van der Waals surface area contributed by atoms with Crippen molar-refractivity contribution in [2.45, 2.75) is 0 Å². The van der Waals surface area contributed by atoms with Gasteiger partial charge in [-0.05, 0) is 78.4 Å². The van der Waals surface area contributed by atoms with Crippen LogP contribution in [-0.4, -0.2) is 13.7 Å². The fourth-order valence-electron chi connectivity index (χ4n) is 8.84. The fourth-order valence-corrected chi connectivity index (χ4v) is 8.84. The highest BCUT2D eigenvalue weighted by molar-refractivity contribution is 6.16. The Morgan fingerprint density at radius 1 is 0.364 bits per heavy atom. The van der Waals surface area contributed by atoms with Crippen LogP contribution in [0.4, 0.5) is 0 Å². The summed E-state index contributed by atoms with van der Waals surface area (Å²) >= 11 is 0. The Bertz CT molecular complexity index is 3420. The van der Waals surface area contributed by atoms with E-state index >= 15 is 0 Å². The van der Waals surface area contributed by atoms with Crippen LogP contribution < -0.4 is 0 Å². The number of nitriles is 2. The molecule has 0 aliphatic carbocycles. The maximum atomic E-state index is 10.5. The van der Waals surface area contributed by atoms with Crippen LogP contribution >= 0.6 is 0 Å². The first-order chi connectivity index (χ1) is 27.2. The van der Waals surface area contributed by atoms with E-state index in [4.69, 9.17) is 0 Å². The summed E-state index contributed by atoms with van der Waals surface area (Å²) < 4.78 is 6.89. The number of hydrogen-bond acceptors (Lipinski definition) is 2. The molecule has 11 aromatic rings. The summed E-state index contributed by atoms with van der Waals surface area (Å²) in [5.74, 6) is 0. The molecule has 5 nitrogen and oxygen atoms in total. The minimum absolute atomic E-state index is 0.590. The van der Waals surface area contributed by atoms with Crippen molar-refractivity contribution >= 4 is 65.4 Å². The zero-order chi connectivity index (χ0) is 36.6. The van der Waals surface area contributed by atoms with E-state index in [-0.39, 0.29) is 0 Å². The Hall–Kier alpha value is -7.86. The summed E-state index contributed by atoms with van der Waals surface area (Å²) in [5.41, 5.74) is 12.4. The van der Waals surface area contributed by atoms with E-state index in [1.54, 1.807) is 0 Å². The molecule has 0 saturated carbocycles. The highest BCUT2D eigenvalue weighted by Crippen LogP contribution is 2.41. The van der Waals surface area contributed by atoms with Gasteiger partial charge in [0.1, 0.15) is 6.07 Å². The fraction of sp³-hybridized carbons (Fsp3) is 0. The van der Waals surface area contributed by atoms with Gasteiger partial charge in [0.15, 0.2) is 0 Å². The second-order valence-corrected chi connectivity index (χ2v) is 14.0. The Morgan fingerprint density at radius 3 is 1.58 bits per heavy atom. The molecule has 0 bridgehead atoms. The molecule has 0 aliphatic heterocycles. The van der Waals surface area contributed by atoms with Crippen molar-refractivity contribution in [2.75, 3.05) is 0 Å². The van der Waals surface area contributed by atoms with Crippen LogP contribution in [0.15, 0.2) is 176 Å². The molecule has 3 heterocycles. The van der Waals surface area contributed by atoms with Crippen LogP contribution in [0.2, 0.25) is 0 Å². The van der Waals surface area contributed by atoms with E-state index in [0.29, 0.717) is 11.1 Å². The average molecular weight is 700 g/mol. The lowest BCUT2D eigenvalue weighted by atomic mass is 9.98. The number of fused-ring (bicyclic) bond motifs is 9. The van der Waals surface area contributed by atoms with Gasteiger partial charge in [0.2, 0.25) is 0 Å². The van der Waals surface area contributed by atoms with E-state index in [9.17, 15) is 10.5 Å². The Morgan fingerprint density at radius 2 is 0.891 bits per heavy atom. The Labute approximate surface area is 316 Å². The van der Waals surface area contributed by atoms with Gasteiger partial charge in [-0.25, -0.2) is 0 Å². The van der Waals surface area contributed by atoms with Crippen molar-refractivity contribution in [1.82, 2.24) is 13.7 Å². The summed E-state index contributed by atoms with van der Waals surface area (Å²) in [6, 6.07) is 65.9. The zero-order valence-electron chi connectivity index (χ0n) is 29.5. The summed E-state index contributed by atoms with van der Waals surface area (Å²) in [6.45, 7) is 0. The summed E-state index contributed by atoms with van der Waals surface area (Å²) in [4.78, 5) is 0. The first-order valence-electron chi connectivity index (χ1n) is 18.3. The first-order valence-corrected chi connectivity index (χ1v) is 18.3. The highest BCUT2D eigenvalue weighted by Gasteiger charge is 2.21. The number of benzene rings is 8. The molecule has 11 rings (SSSR count). The monoisotopic (exact) mass is 699 g/mol. The van der Waals surface area contributed by atoms with E-state index in [1.165, 1.54) is 21.8 Å². The molecule has 254 valence electrons. The first kappa shape index (κ1) is 30.7.